The SMILES string of the molecule is C1CO1.c1ccoc1. The molecule has 2 heterocycles. The van der Waals surface area contributed by atoms with E-state index in [2.05, 4.69) is 9.15 Å². The summed E-state index contributed by atoms with van der Waals surface area (Å²) in [5.74, 6) is 0. The van der Waals surface area contributed by atoms with E-state index in [1.54, 1.807) is 12.5 Å². The van der Waals surface area contributed by atoms with Crippen LogP contribution in [0, 0.1) is 0 Å². The maximum Gasteiger partial charge on any atom is 0.0902 e. The number of hydrogen-bond acceptors (Lipinski definition) is 2. The second-order valence-corrected chi connectivity index (χ2v) is 1.41. The van der Waals surface area contributed by atoms with Gasteiger partial charge in [0.15, 0.2) is 0 Å². The first-order chi connectivity index (χ1) is 4.00. The lowest BCUT2D eigenvalue weighted by Gasteiger charge is -1.50. The fourth-order valence-electron chi connectivity index (χ4n) is 0.227. The number of furan rings is 1. The summed E-state index contributed by atoms with van der Waals surface area (Å²) in [5.41, 5.74) is 0. The standard InChI is InChI=1S/C4H4O.C2H4O/c1-2-4-5-3-1;1-2-3-1/h1-4H;1-2H2. The fourth-order valence-corrected chi connectivity index (χ4v) is 0.227. The predicted octanol–water partition coefficient (Wildman–Crippen LogP) is 1.30. The molecular formula is C6H8O2. The first kappa shape index (κ1) is 5.38. The molecule has 0 bridgehead atoms. The van der Waals surface area contributed by atoms with Gasteiger partial charge in [-0.1, -0.05) is 0 Å². The van der Waals surface area contributed by atoms with E-state index in [1.807, 2.05) is 12.1 Å². The van der Waals surface area contributed by atoms with Crippen LogP contribution >= 0.6 is 0 Å². The van der Waals surface area contributed by atoms with Crippen LogP contribution < -0.4 is 0 Å². The molecule has 0 unspecified atom stereocenters. The zero-order chi connectivity index (χ0) is 5.66. The smallest absolute Gasteiger partial charge is 0.0902 e. The third-order valence-corrected chi connectivity index (χ3v) is 0.630. The van der Waals surface area contributed by atoms with Crippen molar-refractivity contribution in [1.29, 1.82) is 0 Å². The van der Waals surface area contributed by atoms with Crippen molar-refractivity contribution in [1.82, 2.24) is 0 Å². The molecule has 1 aliphatic rings. The minimum absolute atomic E-state index is 1.00. The Kier molecular flexibility index (Phi) is 2.20. The molecule has 1 aromatic rings. The summed E-state index contributed by atoms with van der Waals surface area (Å²) in [6.07, 6.45) is 3.25. The lowest BCUT2D eigenvalue weighted by Crippen LogP contribution is -1.20. The van der Waals surface area contributed by atoms with E-state index in [0.29, 0.717) is 0 Å². The molecule has 1 saturated heterocycles. The minimum atomic E-state index is 1.00. The average Bonchev–Trinajstić information content (AvgIpc) is 2.55. The molecule has 0 radical (unpaired) electrons. The van der Waals surface area contributed by atoms with E-state index in [0.717, 1.165) is 13.2 Å². The van der Waals surface area contributed by atoms with Crippen LogP contribution in [0.25, 0.3) is 0 Å². The molecule has 0 atom stereocenters. The Morgan fingerprint density at radius 1 is 1.00 bits per heavy atom. The molecular weight excluding hydrogens is 104 g/mol. The molecule has 2 nitrogen and oxygen atoms in total. The molecule has 8 heavy (non-hydrogen) atoms. The van der Waals surface area contributed by atoms with E-state index < -0.39 is 0 Å². The Hall–Kier alpha value is -0.760. The van der Waals surface area contributed by atoms with Gasteiger partial charge in [0.05, 0.1) is 25.7 Å². The molecule has 0 aliphatic carbocycles. The molecule has 44 valence electrons. The topological polar surface area (TPSA) is 25.7 Å². The van der Waals surface area contributed by atoms with Gasteiger partial charge < -0.3 is 9.15 Å². The van der Waals surface area contributed by atoms with Crippen molar-refractivity contribution in [3.05, 3.63) is 24.7 Å². The highest BCUT2D eigenvalue weighted by Crippen LogP contribution is 1.84. The summed E-state index contributed by atoms with van der Waals surface area (Å²) >= 11 is 0. The van der Waals surface area contributed by atoms with Crippen LogP contribution in [0.15, 0.2) is 29.1 Å². The number of hydrogen-bond donors (Lipinski definition) is 0. The highest BCUT2D eigenvalue weighted by atomic mass is 16.6. The molecule has 2 rings (SSSR count). The quantitative estimate of drug-likeness (QED) is 0.472. The van der Waals surface area contributed by atoms with E-state index in [9.17, 15) is 0 Å². The van der Waals surface area contributed by atoms with E-state index in [-0.39, 0.29) is 0 Å². The maximum absolute atomic E-state index is 4.58. The largest absolute Gasteiger partial charge is 0.473 e. The summed E-state index contributed by atoms with van der Waals surface area (Å²) in [7, 11) is 0. The summed E-state index contributed by atoms with van der Waals surface area (Å²) in [6, 6.07) is 3.67. The zero-order valence-electron chi connectivity index (χ0n) is 4.54. The Balaban J connectivity index is 0.0000000907. The molecule has 0 spiro atoms. The highest BCUT2D eigenvalue weighted by molar-refractivity contribution is 4.79. The average molecular weight is 112 g/mol. The Bertz CT molecular complexity index is 90.1. The summed E-state index contributed by atoms with van der Waals surface area (Å²) in [6.45, 7) is 2.00. The van der Waals surface area contributed by atoms with Crippen molar-refractivity contribution in [3.8, 4) is 0 Å². The summed E-state index contributed by atoms with van der Waals surface area (Å²) in [5, 5.41) is 0. The molecule has 2 heteroatoms. The molecule has 0 saturated carbocycles. The Morgan fingerprint density at radius 2 is 1.50 bits per heavy atom. The van der Waals surface area contributed by atoms with Crippen LogP contribution in [0.3, 0.4) is 0 Å². The Morgan fingerprint density at radius 3 is 1.62 bits per heavy atom. The first-order valence-corrected chi connectivity index (χ1v) is 2.55. The van der Waals surface area contributed by atoms with Crippen LogP contribution in [0.1, 0.15) is 0 Å². The molecule has 0 amide bonds. The zero-order valence-corrected chi connectivity index (χ0v) is 4.54. The maximum atomic E-state index is 4.58. The van der Waals surface area contributed by atoms with Crippen molar-refractivity contribution >= 4 is 0 Å². The summed E-state index contributed by atoms with van der Waals surface area (Å²) < 4.78 is 9.08. The summed E-state index contributed by atoms with van der Waals surface area (Å²) in [4.78, 5) is 0. The van der Waals surface area contributed by atoms with Crippen LogP contribution in [-0.2, 0) is 4.74 Å². The second-order valence-electron chi connectivity index (χ2n) is 1.41. The van der Waals surface area contributed by atoms with Gasteiger partial charge in [-0.15, -0.1) is 0 Å². The van der Waals surface area contributed by atoms with Gasteiger partial charge in [-0.25, -0.2) is 0 Å². The van der Waals surface area contributed by atoms with Gasteiger partial charge in [0.2, 0.25) is 0 Å². The van der Waals surface area contributed by atoms with Gasteiger partial charge in [-0.05, 0) is 12.1 Å². The van der Waals surface area contributed by atoms with Crippen LogP contribution in [0.2, 0.25) is 0 Å². The molecule has 0 aromatic carbocycles. The fraction of sp³-hybridized carbons (Fsp3) is 0.333. The third kappa shape index (κ3) is 3.43. The number of rotatable bonds is 0. The van der Waals surface area contributed by atoms with E-state index in [1.165, 1.54) is 0 Å². The third-order valence-electron chi connectivity index (χ3n) is 0.630. The van der Waals surface area contributed by atoms with Gasteiger partial charge in [0, 0.05) is 0 Å². The van der Waals surface area contributed by atoms with Crippen molar-refractivity contribution in [2.45, 2.75) is 0 Å². The van der Waals surface area contributed by atoms with Crippen LogP contribution in [-0.4, -0.2) is 13.2 Å². The molecule has 1 fully saturated rings. The van der Waals surface area contributed by atoms with E-state index in [4.69, 9.17) is 0 Å². The minimum Gasteiger partial charge on any atom is -0.473 e. The number of epoxide rings is 1. The molecule has 0 N–H and O–H groups in total. The first-order valence-electron chi connectivity index (χ1n) is 2.55. The second kappa shape index (κ2) is 3.27. The van der Waals surface area contributed by atoms with Crippen molar-refractivity contribution < 1.29 is 9.15 Å². The monoisotopic (exact) mass is 112 g/mol. The van der Waals surface area contributed by atoms with Crippen LogP contribution in [0.5, 0.6) is 0 Å². The molecule has 1 aliphatic heterocycles. The van der Waals surface area contributed by atoms with Gasteiger partial charge in [0.25, 0.3) is 0 Å². The lowest BCUT2D eigenvalue weighted by atomic mass is 10.7. The van der Waals surface area contributed by atoms with Gasteiger partial charge in [-0.3, -0.25) is 0 Å². The van der Waals surface area contributed by atoms with Gasteiger partial charge in [0.1, 0.15) is 0 Å². The molecule has 1 aromatic heterocycles. The van der Waals surface area contributed by atoms with Crippen molar-refractivity contribution in [3.63, 3.8) is 0 Å². The van der Waals surface area contributed by atoms with Gasteiger partial charge >= 0.3 is 0 Å². The normalized spacial score (nSPS) is 14.0. The van der Waals surface area contributed by atoms with Gasteiger partial charge in [-0.2, -0.15) is 0 Å². The van der Waals surface area contributed by atoms with Crippen LogP contribution in [0.4, 0.5) is 0 Å². The lowest BCUT2D eigenvalue weighted by molar-refractivity contribution is 0.475. The Labute approximate surface area is 48.1 Å². The predicted molar refractivity (Wildman–Crippen MR) is 29.5 cm³/mol. The van der Waals surface area contributed by atoms with Crippen molar-refractivity contribution in [2.75, 3.05) is 13.2 Å². The van der Waals surface area contributed by atoms with Crippen molar-refractivity contribution in [2.24, 2.45) is 0 Å². The van der Waals surface area contributed by atoms with E-state index >= 15 is 0 Å². The number of ether oxygens (including phenoxy) is 1. The highest BCUT2D eigenvalue weighted by Gasteiger charge is 1.94.